The third kappa shape index (κ3) is 5.83. The van der Waals surface area contributed by atoms with Gasteiger partial charge in [-0.05, 0) is 91.6 Å². The Morgan fingerprint density at radius 3 is 1.49 bits per heavy atom. The van der Waals surface area contributed by atoms with E-state index in [4.69, 9.17) is 15.1 Å². The van der Waals surface area contributed by atoms with Gasteiger partial charge in [-0.3, -0.25) is 0 Å². The van der Waals surface area contributed by atoms with Crippen LogP contribution in [0.25, 0.3) is 55.3 Å². The highest BCUT2D eigenvalue weighted by Crippen LogP contribution is 2.39. The molecule has 0 unspecified atom stereocenters. The predicted molar refractivity (Wildman–Crippen MR) is 200 cm³/mol. The smallest absolute Gasteiger partial charge is 0.0645 e. The summed E-state index contributed by atoms with van der Waals surface area (Å²) >= 11 is 0. The van der Waals surface area contributed by atoms with Crippen LogP contribution in [0, 0.1) is 0 Å². The molecule has 1 nitrogen and oxygen atoms in total. The zero-order valence-corrected chi connectivity index (χ0v) is 24.7. The van der Waals surface area contributed by atoms with Gasteiger partial charge in [0, 0.05) is 17.1 Å². The summed E-state index contributed by atoms with van der Waals surface area (Å²) in [5.41, 5.74) is -1.48. The minimum absolute atomic E-state index is 0.00545. The van der Waals surface area contributed by atoms with E-state index < -0.39 is 136 Å². The highest BCUT2D eigenvalue weighted by Gasteiger charge is 2.15. The molecule has 0 spiro atoms. The van der Waals surface area contributed by atoms with Crippen molar-refractivity contribution >= 4 is 27.8 Å². The van der Waals surface area contributed by atoms with Gasteiger partial charge >= 0.3 is 0 Å². The molecule has 8 aromatic carbocycles. The molecule has 0 aliphatic rings. The van der Waals surface area contributed by atoms with Crippen LogP contribution in [0.1, 0.15) is 23.3 Å². The van der Waals surface area contributed by atoms with Crippen molar-refractivity contribution in [3.8, 4) is 44.5 Å². The fraction of sp³-hybridized carbons (Fsp3) is 0. The first-order chi connectivity index (χ1) is 30.4. The van der Waals surface area contributed by atoms with E-state index >= 15 is 0 Å². The van der Waals surface area contributed by atoms with Crippen LogP contribution in [0.4, 0.5) is 17.1 Å². The first-order valence-corrected chi connectivity index (χ1v) is 14.7. The van der Waals surface area contributed by atoms with E-state index in [1.54, 1.807) is 48.5 Å². The number of rotatable bonds is 7. The minimum Gasteiger partial charge on any atom is -0.310 e. The number of hydrogen-bond donors (Lipinski definition) is 0. The van der Waals surface area contributed by atoms with Crippen molar-refractivity contribution in [2.24, 2.45) is 0 Å². The van der Waals surface area contributed by atoms with Crippen molar-refractivity contribution in [3.63, 3.8) is 0 Å². The summed E-state index contributed by atoms with van der Waals surface area (Å²) in [7, 11) is 0. The summed E-state index contributed by atoms with van der Waals surface area (Å²) in [4.78, 5) is 1.13. The van der Waals surface area contributed by atoms with E-state index in [1.807, 2.05) is 48.5 Å². The Kier molecular flexibility index (Phi) is 4.15. The fourth-order valence-corrected chi connectivity index (χ4v) is 5.31. The number of fused-ring (bicyclic) bond motifs is 1. The zero-order valence-electron chi connectivity index (χ0n) is 41.7. The Bertz CT molecular complexity index is 3140. The molecule has 0 bridgehead atoms. The second-order valence-electron chi connectivity index (χ2n) is 10.5. The molecule has 8 aromatic rings. The van der Waals surface area contributed by atoms with Gasteiger partial charge in [0.1, 0.15) is 0 Å². The Labute approximate surface area is 300 Å². The molecule has 1 heteroatoms. The largest absolute Gasteiger partial charge is 0.310 e. The standard InChI is InChI=1S/C46H33N/c1-3-11-34(12-4-1)36-21-23-37(24-22-36)39-27-31-43(32-28-39)47(42-29-25-38(26-30-42)35-13-5-2-6-14-35)44-18-9-17-41(33-44)46-20-10-16-40-15-7-8-19-45(40)46/h1-33H/i1D,3D,4D,11D,12D,21D,22D,23D,24D,25D,26D,27D,28D,29D,30D,31D,32D. The SMILES string of the molecule is [2H]c1c([2H])c([2H])c(-c2c([2H])c([2H])c(-c3c([2H])c([2H])c(N(c4cccc(-c5cccc6ccccc56)c4)c4c([2H])c([2H])c(-c5ccccc5)c([2H])c4[2H])c([2H])c3[2H])c([2H])c2[2H])c([2H])c1[2H]. The van der Waals surface area contributed by atoms with Crippen LogP contribution in [-0.2, 0) is 0 Å². The van der Waals surface area contributed by atoms with Crippen molar-refractivity contribution in [3.05, 3.63) is 200 Å². The number of benzene rings is 8. The molecule has 47 heavy (non-hydrogen) atoms. The van der Waals surface area contributed by atoms with Gasteiger partial charge in [-0.15, -0.1) is 0 Å². The van der Waals surface area contributed by atoms with Crippen LogP contribution < -0.4 is 4.90 Å². The second-order valence-corrected chi connectivity index (χ2v) is 10.5. The molecule has 0 saturated carbocycles. The van der Waals surface area contributed by atoms with E-state index in [9.17, 15) is 8.22 Å². The predicted octanol–water partition coefficient (Wildman–Crippen LogP) is 13.0. The first kappa shape index (κ1) is 15.4. The van der Waals surface area contributed by atoms with Crippen LogP contribution in [0.15, 0.2) is 200 Å². The lowest BCUT2D eigenvalue weighted by Crippen LogP contribution is -2.10. The molecule has 0 N–H and O–H groups in total. The molecule has 0 fully saturated rings. The molecule has 0 radical (unpaired) electrons. The highest BCUT2D eigenvalue weighted by atomic mass is 15.1. The summed E-state index contributed by atoms with van der Waals surface area (Å²) in [5, 5.41) is 1.82. The summed E-state index contributed by atoms with van der Waals surface area (Å²) in [6.45, 7) is 0. The maximum Gasteiger partial charge on any atom is 0.0645 e. The van der Waals surface area contributed by atoms with Gasteiger partial charge in [0.05, 0.1) is 23.3 Å². The summed E-state index contributed by atoms with van der Waals surface area (Å²) in [5.74, 6) is 0. The topological polar surface area (TPSA) is 3.24 Å². The lowest BCUT2D eigenvalue weighted by molar-refractivity contribution is 1.28. The molecule has 0 heterocycles. The summed E-state index contributed by atoms with van der Waals surface area (Å²) in [6, 6.07) is 16.0. The average Bonchev–Trinajstić information content (AvgIpc) is 3.30. The van der Waals surface area contributed by atoms with E-state index in [0.29, 0.717) is 11.1 Å². The normalized spacial score (nSPS) is 16.0. The molecule has 0 aliphatic carbocycles. The molecule has 0 amide bonds. The Balaban J connectivity index is 1.41. The molecular formula is C46H33N. The Morgan fingerprint density at radius 1 is 0.340 bits per heavy atom. The van der Waals surface area contributed by atoms with Crippen LogP contribution in [-0.4, -0.2) is 0 Å². The molecular weight excluding hydrogens is 567 g/mol. The van der Waals surface area contributed by atoms with Gasteiger partial charge in [0.2, 0.25) is 0 Å². The molecule has 0 aromatic heterocycles. The Morgan fingerprint density at radius 2 is 0.830 bits per heavy atom. The van der Waals surface area contributed by atoms with Crippen molar-refractivity contribution in [1.29, 1.82) is 0 Å². The Hall–Kier alpha value is -6.18. The van der Waals surface area contributed by atoms with Crippen LogP contribution in [0.3, 0.4) is 0 Å². The lowest BCUT2D eigenvalue weighted by Gasteiger charge is -2.26. The average molecular weight is 617 g/mol. The van der Waals surface area contributed by atoms with E-state index in [1.165, 1.54) is 0 Å². The number of nitrogens with zero attached hydrogens (tertiary/aromatic N) is 1. The van der Waals surface area contributed by atoms with Crippen molar-refractivity contribution in [2.45, 2.75) is 0 Å². The number of anilines is 3. The van der Waals surface area contributed by atoms with Crippen LogP contribution in [0.2, 0.25) is 0 Å². The maximum atomic E-state index is 9.48. The summed E-state index contributed by atoms with van der Waals surface area (Å²) in [6.07, 6.45) is 0. The van der Waals surface area contributed by atoms with Gasteiger partial charge in [0.15, 0.2) is 0 Å². The second kappa shape index (κ2) is 12.7. The zero-order chi connectivity index (χ0) is 46.2. The molecule has 0 atom stereocenters. The third-order valence-corrected chi connectivity index (χ3v) is 7.56. The van der Waals surface area contributed by atoms with Crippen molar-refractivity contribution < 1.29 is 23.3 Å². The van der Waals surface area contributed by atoms with Gasteiger partial charge in [-0.2, -0.15) is 0 Å². The molecule has 0 saturated heterocycles. The summed E-state index contributed by atoms with van der Waals surface area (Å²) < 4.78 is 152. The van der Waals surface area contributed by atoms with E-state index in [0.717, 1.165) is 21.2 Å². The fourth-order valence-electron chi connectivity index (χ4n) is 5.31. The number of hydrogen-bond acceptors (Lipinski definition) is 1. The van der Waals surface area contributed by atoms with Gasteiger partial charge < -0.3 is 4.90 Å². The third-order valence-electron chi connectivity index (χ3n) is 7.56. The van der Waals surface area contributed by atoms with E-state index in [2.05, 4.69) is 0 Å². The highest BCUT2D eigenvalue weighted by molar-refractivity contribution is 5.97. The van der Waals surface area contributed by atoms with Crippen molar-refractivity contribution in [2.75, 3.05) is 4.90 Å². The van der Waals surface area contributed by atoms with Crippen LogP contribution >= 0.6 is 0 Å². The lowest BCUT2D eigenvalue weighted by atomic mass is 9.97. The quantitative estimate of drug-likeness (QED) is 0.172. The molecule has 0 aliphatic heterocycles. The monoisotopic (exact) mass is 616 g/mol. The molecule has 8 rings (SSSR count). The molecule has 222 valence electrons. The van der Waals surface area contributed by atoms with Gasteiger partial charge in [-0.1, -0.05) is 163 Å². The maximum absolute atomic E-state index is 9.48. The first-order valence-electron chi connectivity index (χ1n) is 23.2. The van der Waals surface area contributed by atoms with Crippen molar-refractivity contribution in [1.82, 2.24) is 0 Å². The minimum atomic E-state index is -0.868. The van der Waals surface area contributed by atoms with E-state index in [-0.39, 0.29) is 11.3 Å². The van der Waals surface area contributed by atoms with Gasteiger partial charge in [0.25, 0.3) is 0 Å². The van der Waals surface area contributed by atoms with Gasteiger partial charge in [-0.25, -0.2) is 0 Å². The van der Waals surface area contributed by atoms with Crippen LogP contribution in [0.5, 0.6) is 0 Å².